The first-order valence-electron chi connectivity index (χ1n) is 21.2. The Labute approximate surface area is 332 Å². The maximum absolute atomic E-state index is 12.7. The van der Waals surface area contributed by atoms with Gasteiger partial charge in [0.15, 0.2) is 0 Å². The van der Waals surface area contributed by atoms with Crippen LogP contribution in [0.4, 0.5) is 0 Å². The largest absolute Gasteiger partial charge is 0.472 e. The highest BCUT2D eigenvalue weighted by atomic mass is 31.2. The Hall–Kier alpha value is -2.06. The van der Waals surface area contributed by atoms with Gasteiger partial charge in [0.25, 0.3) is 0 Å². The highest BCUT2D eigenvalue weighted by Crippen LogP contribution is 2.43. The first-order valence-corrected chi connectivity index (χ1v) is 22.7. The van der Waals surface area contributed by atoms with Gasteiger partial charge in [-0.25, -0.2) is 4.57 Å². The molecule has 0 radical (unpaired) electrons. The normalized spacial score (nSPS) is 14.6. The van der Waals surface area contributed by atoms with E-state index in [9.17, 15) is 14.3 Å². The van der Waals surface area contributed by atoms with Crippen LogP contribution in [0, 0.1) is 0 Å². The molecule has 2 atom stereocenters. The number of quaternary nitrogens is 1. The Balaban J connectivity index is 4.34. The Morgan fingerprint density at radius 3 is 1.61 bits per heavy atom. The molecule has 0 fully saturated rings. The molecule has 0 saturated heterocycles. The third-order valence-electron chi connectivity index (χ3n) is 8.50. The van der Waals surface area contributed by atoms with Gasteiger partial charge in [-0.05, 0) is 77.0 Å². The van der Waals surface area contributed by atoms with E-state index in [1.807, 2.05) is 21.1 Å². The van der Waals surface area contributed by atoms with E-state index in [0.717, 1.165) is 89.9 Å². The maximum atomic E-state index is 12.7. The predicted molar refractivity (Wildman–Crippen MR) is 228 cm³/mol. The summed E-state index contributed by atoms with van der Waals surface area (Å²) in [4.78, 5) is 22.9. The minimum atomic E-state index is -4.29. The van der Waals surface area contributed by atoms with E-state index in [4.69, 9.17) is 18.5 Å². The van der Waals surface area contributed by atoms with Crippen molar-refractivity contribution in [1.29, 1.82) is 0 Å². The van der Waals surface area contributed by atoms with Crippen LogP contribution >= 0.6 is 7.82 Å². The quantitative estimate of drug-likeness (QED) is 0.0219. The summed E-state index contributed by atoms with van der Waals surface area (Å²) < 4.78 is 34.9. The van der Waals surface area contributed by atoms with Crippen molar-refractivity contribution in [1.82, 2.24) is 0 Å². The van der Waals surface area contributed by atoms with Crippen molar-refractivity contribution in [2.24, 2.45) is 0 Å². The molecule has 0 aromatic carbocycles. The number of esters is 1. The molecule has 2 unspecified atom stereocenters. The van der Waals surface area contributed by atoms with E-state index in [1.165, 1.54) is 38.5 Å². The number of hydrogen-bond donors (Lipinski definition) is 1. The van der Waals surface area contributed by atoms with Gasteiger partial charge in [0.1, 0.15) is 19.3 Å². The molecular weight excluding hydrogens is 697 g/mol. The first-order chi connectivity index (χ1) is 26.1. The van der Waals surface area contributed by atoms with E-state index in [1.54, 1.807) is 0 Å². The summed E-state index contributed by atoms with van der Waals surface area (Å²) in [5.74, 6) is -0.344. The summed E-state index contributed by atoms with van der Waals surface area (Å²) in [7, 11) is 1.63. The van der Waals surface area contributed by atoms with Crippen LogP contribution in [0.2, 0.25) is 0 Å². The SMILES string of the molecule is CC/C=C\C/C=C\C/C=C\C/C=C\CCCCCCC(=O)OC(COCCCCCCCC/C=C\C/C=C\CCCC)COP(=O)(O)OCC[N+](C)(C)C. The van der Waals surface area contributed by atoms with Crippen molar-refractivity contribution in [3.8, 4) is 0 Å². The van der Waals surface area contributed by atoms with Crippen LogP contribution in [0.3, 0.4) is 0 Å². The first kappa shape index (κ1) is 51.9. The number of rotatable bonds is 38. The fraction of sp³-hybridized carbons (Fsp3) is 0.711. The Morgan fingerprint density at radius 2 is 1.07 bits per heavy atom. The molecule has 54 heavy (non-hydrogen) atoms. The Kier molecular flexibility index (Phi) is 36.4. The van der Waals surface area contributed by atoms with Crippen molar-refractivity contribution in [2.75, 3.05) is 54.1 Å². The van der Waals surface area contributed by atoms with Gasteiger partial charge >= 0.3 is 13.8 Å². The lowest BCUT2D eigenvalue weighted by molar-refractivity contribution is -0.870. The number of hydrogen-bond acceptors (Lipinski definition) is 6. The molecule has 0 aliphatic carbocycles. The molecule has 9 heteroatoms. The number of likely N-dealkylation sites (N-methyl/N-ethyl adjacent to an activating group) is 1. The molecule has 0 aromatic rings. The molecule has 0 saturated carbocycles. The molecule has 0 aliphatic rings. The summed E-state index contributed by atoms with van der Waals surface area (Å²) >= 11 is 0. The van der Waals surface area contributed by atoms with Crippen LogP contribution in [-0.4, -0.2) is 75.6 Å². The maximum Gasteiger partial charge on any atom is 0.472 e. The van der Waals surface area contributed by atoms with E-state index < -0.39 is 13.9 Å². The highest BCUT2D eigenvalue weighted by Gasteiger charge is 2.26. The Bertz CT molecular complexity index is 1090. The molecular formula is C45H81NO7P+. The highest BCUT2D eigenvalue weighted by molar-refractivity contribution is 7.47. The average Bonchev–Trinajstić information content (AvgIpc) is 3.12. The Morgan fingerprint density at radius 1 is 0.593 bits per heavy atom. The number of ether oxygens (including phenoxy) is 2. The average molecular weight is 779 g/mol. The zero-order chi connectivity index (χ0) is 39.9. The molecule has 0 rings (SSSR count). The smallest absolute Gasteiger partial charge is 0.457 e. The molecule has 8 nitrogen and oxygen atoms in total. The minimum Gasteiger partial charge on any atom is -0.457 e. The van der Waals surface area contributed by atoms with Gasteiger partial charge in [-0.1, -0.05) is 138 Å². The summed E-state index contributed by atoms with van der Waals surface area (Å²) in [6.07, 6.45) is 47.9. The lowest BCUT2D eigenvalue weighted by Gasteiger charge is -2.24. The zero-order valence-corrected chi connectivity index (χ0v) is 36.1. The van der Waals surface area contributed by atoms with Crippen LogP contribution in [-0.2, 0) is 27.9 Å². The number of carbonyl (C=O) groups is 1. The van der Waals surface area contributed by atoms with E-state index >= 15 is 0 Å². The van der Waals surface area contributed by atoms with E-state index in [-0.39, 0.29) is 25.8 Å². The van der Waals surface area contributed by atoms with Gasteiger partial charge in [-0.15, -0.1) is 0 Å². The zero-order valence-electron chi connectivity index (χ0n) is 35.2. The summed E-state index contributed by atoms with van der Waals surface area (Å²) in [6, 6.07) is 0. The van der Waals surface area contributed by atoms with Crippen LogP contribution in [0.25, 0.3) is 0 Å². The number of phosphoric ester groups is 1. The molecule has 0 aliphatic heterocycles. The monoisotopic (exact) mass is 779 g/mol. The van der Waals surface area contributed by atoms with Crippen LogP contribution in [0.5, 0.6) is 0 Å². The summed E-state index contributed by atoms with van der Waals surface area (Å²) in [5.41, 5.74) is 0. The minimum absolute atomic E-state index is 0.0774. The summed E-state index contributed by atoms with van der Waals surface area (Å²) in [5, 5.41) is 0. The van der Waals surface area contributed by atoms with Crippen molar-refractivity contribution in [3.05, 3.63) is 72.9 Å². The van der Waals surface area contributed by atoms with Crippen molar-refractivity contribution in [2.45, 2.75) is 155 Å². The van der Waals surface area contributed by atoms with Gasteiger partial charge in [0.2, 0.25) is 0 Å². The molecule has 1 N–H and O–H groups in total. The number of unbranched alkanes of at least 4 members (excludes halogenated alkanes) is 12. The molecule has 0 amide bonds. The lowest BCUT2D eigenvalue weighted by atomic mass is 10.1. The molecule has 312 valence electrons. The third-order valence-corrected chi connectivity index (χ3v) is 9.49. The van der Waals surface area contributed by atoms with E-state index in [0.29, 0.717) is 24.1 Å². The van der Waals surface area contributed by atoms with Crippen molar-refractivity contribution < 1.29 is 37.3 Å². The predicted octanol–water partition coefficient (Wildman–Crippen LogP) is 12.3. The second-order valence-corrected chi connectivity index (χ2v) is 16.4. The van der Waals surface area contributed by atoms with Crippen molar-refractivity contribution in [3.63, 3.8) is 0 Å². The fourth-order valence-corrected chi connectivity index (χ4v) is 5.95. The van der Waals surface area contributed by atoms with Gasteiger partial charge in [-0.3, -0.25) is 13.8 Å². The van der Waals surface area contributed by atoms with Gasteiger partial charge in [0.05, 0.1) is 34.4 Å². The van der Waals surface area contributed by atoms with Crippen molar-refractivity contribution >= 4 is 13.8 Å². The second kappa shape index (κ2) is 37.8. The molecule has 0 heterocycles. The number of nitrogens with zero attached hydrogens (tertiary/aromatic N) is 1. The number of carbonyl (C=O) groups excluding carboxylic acids is 1. The van der Waals surface area contributed by atoms with Crippen LogP contribution in [0.1, 0.15) is 149 Å². The van der Waals surface area contributed by atoms with Gasteiger partial charge in [0, 0.05) is 13.0 Å². The lowest BCUT2D eigenvalue weighted by Crippen LogP contribution is -2.37. The second-order valence-electron chi connectivity index (χ2n) is 15.0. The molecule has 0 aromatic heterocycles. The van der Waals surface area contributed by atoms with E-state index in [2.05, 4.69) is 86.8 Å². The standard InChI is InChI=1S/C45H80NO7P/c1-6-8-10-12-14-16-18-20-22-23-24-26-28-30-32-34-36-38-45(47)53-44(43-52-54(48,49)51-41-39-46(3,4)5)42-50-40-37-35-33-31-29-27-25-21-19-17-15-13-11-9-7-2/h8,10,13-16,19-22,24,26,44H,6-7,9,11-12,17-18,23,25,27-43H2,1-5H3/p+1/b10-8-,15-13-,16-14-,21-19-,22-20-,26-24-. The number of allylic oxidation sites excluding steroid dienone is 12. The fourth-order valence-electron chi connectivity index (χ4n) is 5.21. The molecule has 0 bridgehead atoms. The van der Waals surface area contributed by atoms with Gasteiger partial charge in [-0.2, -0.15) is 0 Å². The van der Waals surface area contributed by atoms with Crippen LogP contribution < -0.4 is 0 Å². The summed E-state index contributed by atoms with van der Waals surface area (Å²) in [6.45, 7) is 5.39. The topological polar surface area (TPSA) is 91.3 Å². The number of phosphoric acid groups is 1. The van der Waals surface area contributed by atoms with Gasteiger partial charge < -0.3 is 18.9 Å². The third kappa shape index (κ3) is 41.1. The van der Waals surface area contributed by atoms with Crippen LogP contribution in [0.15, 0.2) is 72.9 Å². The molecule has 0 spiro atoms.